The average Bonchev–Trinajstić information content (AvgIpc) is 2.52. The fraction of sp³-hybridized carbons (Fsp3) is 0.529. The zero-order valence-corrected chi connectivity index (χ0v) is 14.2. The summed E-state index contributed by atoms with van der Waals surface area (Å²) in [6, 6.07) is 1.55. The van der Waals surface area contributed by atoms with Crippen LogP contribution in [0.5, 0.6) is 0 Å². The first-order valence-corrected chi connectivity index (χ1v) is 8.22. The molecule has 0 saturated heterocycles. The molecular formula is C17H20F4N2O3. The number of halogens is 4. The van der Waals surface area contributed by atoms with E-state index in [4.69, 9.17) is 4.74 Å². The van der Waals surface area contributed by atoms with Gasteiger partial charge in [-0.05, 0) is 37.5 Å². The van der Waals surface area contributed by atoms with Gasteiger partial charge in [0, 0.05) is 13.1 Å². The molecule has 1 fully saturated rings. The van der Waals surface area contributed by atoms with Gasteiger partial charge in [0.1, 0.15) is 5.82 Å². The first-order valence-electron chi connectivity index (χ1n) is 8.22. The molecule has 144 valence electrons. The summed E-state index contributed by atoms with van der Waals surface area (Å²) < 4.78 is 56.8. The lowest BCUT2D eigenvalue weighted by molar-refractivity contribution is -0.160. The Kier molecular flexibility index (Phi) is 6.09. The van der Waals surface area contributed by atoms with Crippen LogP contribution in [-0.2, 0) is 22.3 Å². The van der Waals surface area contributed by atoms with Gasteiger partial charge in [-0.15, -0.1) is 0 Å². The van der Waals surface area contributed by atoms with E-state index in [0.29, 0.717) is 18.9 Å². The number of rotatable bonds is 6. The van der Waals surface area contributed by atoms with Crippen LogP contribution in [-0.4, -0.2) is 25.2 Å². The Morgan fingerprint density at radius 1 is 1.23 bits per heavy atom. The molecule has 0 spiro atoms. The lowest BCUT2D eigenvalue weighted by Gasteiger charge is -2.39. The minimum atomic E-state index is -4.73. The summed E-state index contributed by atoms with van der Waals surface area (Å²) in [6.07, 6.45) is -2.72. The maximum atomic E-state index is 13.1. The number of hydrogen-bond acceptors (Lipinski definition) is 3. The van der Waals surface area contributed by atoms with Crippen molar-refractivity contribution >= 4 is 12.0 Å². The Morgan fingerprint density at radius 2 is 1.92 bits per heavy atom. The van der Waals surface area contributed by atoms with E-state index < -0.39 is 35.5 Å². The van der Waals surface area contributed by atoms with Gasteiger partial charge in [-0.25, -0.2) is 9.18 Å². The van der Waals surface area contributed by atoms with Gasteiger partial charge in [-0.1, -0.05) is 12.5 Å². The third-order valence-electron chi connectivity index (χ3n) is 4.42. The Labute approximate surface area is 148 Å². The number of urea groups is 1. The molecule has 9 heteroatoms. The van der Waals surface area contributed by atoms with Gasteiger partial charge in [-0.2, -0.15) is 13.2 Å². The Morgan fingerprint density at radius 3 is 2.46 bits per heavy atom. The van der Waals surface area contributed by atoms with Crippen LogP contribution in [0.4, 0.5) is 22.4 Å². The third kappa shape index (κ3) is 4.64. The van der Waals surface area contributed by atoms with Crippen LogP contribution in [0, 0.1) is 11.2 Å². The molecule has 0 heterocycles. The van der Waals surface area contributed by atoms with Crippen molar-refractivity contribution in [2.24, 2.45) is 5.41 Å². The van der Waals surface area contributed by atoms with E-state index in [-0.39, 0.29) is 24.7 Å². The number of nitrogens with one attached hydrogen (secondary N) is 2. The summed E-state index contributed by atoms with van der Waals surface area (Å²) in [4.78, 5) is 23.9. The fourth-order valence-corrected chi connectivity index (χ4v) is 2.80. The van der Waals surface area contributed by atoms with Crippen LogP contribution in [0.2, 0.25) is 0 Å². The number of esters is 1. The standard InChI is InChI=1S/C17H20F4N2O3/c1-2-26-14(24)16(6-3-7-16)10-23-15(25)22-9-11-4-5-12(18)8-13(11)17(19,20)21/h4-5,8H,2-3,6-7,9-10H2,1H3,(H2,22,23,25). The van der Waals surface area contributed by atoms with Crippen LogP contribution in [0.25, 0.3) is 0 Å². The summed E-state index contributed by atoms with van der Waals surface area (Å²) in [5.74, 6) is -1.39. The second-order valence-corrected chi connectivity index (χ2v) is 6.19. The SMILES string of the molecule is CCOC(=O)C1(CNC(=O)NCc2ccc(F)cc2C(F)(F)F)CCC1. The van der Waals surface area contributed by atoms with Crippen molar-refractivity contribution in [3.8, 4) is 0 Å². The molecule has 0 aliphatic heterocycles. The molecule has 1 aliphatic rings. The third-order valence-corrected chi connectivity index (χ3v) is 4.42. The first-order chi connectivity index (χ1) is 12.2. The fourth-order valence-electron chi connectivity index (χ4n) is 2.80. The molecular weight excluding hydrogens is 356 g/mol. The Balaban J connectivity index is 1.93. The molecule has 0 atom stereocenters. The van der Waals surface area contributed by atoms with E-state index in [1.807, 2.05) is 0 Å². The van der Waals surface area contributed by atoms with Gasteiger partial charge in [0.15, 0.2) is 0 Å². The molecule has 0 radical (unpaired) electrons. The van der Waals surface area contributed by atoms with E-state index in [2.05, 4.69) is 10.6 Å². The van der Waals surface area contributed by atoms with Crippen LogP contribution in [0.3, 0.4) is 0 Å². The van der Waals surface area contributed by atoms with Crippen LogP contribution in [0.1, 0.15) is 37.3 Å². The number of alkyl halides is 3. The predicted octanol–water partition coefficient (Wildman–Crippen LogP) is 3.38. The van der Waals surface area contributed by atoms with Crippen molar-refractivity contribution in [3.63, 3.8) is 0 Å². The monoisotopic (exact) mass is 376 g/mol. The lowest BCUT2D eigenvalue weighted by Crippen LogP contribution is -2.50. The Bertz CT molecular complexity index is 672. The number of carbonyl (C=O) groups excluding carboxylic acids is 2. The van der Waals surface area contributed by atoms with Gasteiger partial charge in [0.2, 0.25) is 0 Å². The molecule has 5 nitrogen and oxygen atoms in total. The van der Waals surface area contributed by atoms with Crippen molar-refractivity contribution in [1.29, 1.82) is 0 Å². The molecule has 2 amide bonds. The zero-order valence-electron chi connectivity index (χ0n) is 14.2. The van der Waals surface area contributed by atoms with Gasteiger partial charge >= 0.3 is 18.2 Å². The van der Waals surface area contributed by atoms with Crippen LogP contribution in [0.15, 0.2) is 18.2 Å². The van der Waals surface area contributed by atoms with Gasteiger partial charge < -0.3 is 15.4 Å². The second-order valence-electron chi connectivity index (χ2n) is 6.19. The molecule has 0 aromatic heterocycles. The first kappa shape index (κ1) is 20.0. The van der Waals surface area contributed by atoms with E-state index in [9.17, 15) is 27.2 Å². The molecule has 1 saturated carbocycles. The minimum Gasteiger partial charge on any atom is -0.466 e. The summed E-state index contributed by atoms with van der Waals surface area (Å²) >= 11 is 0. The number of benzene rings is 1. The lowest BCUT2D eigenvalue weighted by atomic mass is 9.68. The highest BCUT2D eigenvalue weighted by Crippen LogP contribution is 2.41. The minimum absolute atomic E-state index is 0.0488. The molecule has 1 aromatic carbocycles. The van der Waals surface area contributed by atoms with Crippen molar-refractivity contribution in [1.82, 2.24) is 10.6 Å². The molecule has 0 bridgehead atoms. The number of amides is 2. The zero-order chi connectivity index (χ0) is 19.4. The normalized spacial score (nSPS) is 15.7. The number of ether oxygens (including phenoxy) is 1. The molecule has 2 rings (SSSR count). The molecule has 0 unspecified atom stereocenters. The van der Waals surface area contributed by atoms with Crippen LogP contribution >= 0.6 is 0 Å². The molecule has 26 heavy (non-hydrogen) atoms. The highest BCUT2D eigenvalue weighted by Gasteiger charge is 2.45. The van der Waals surface area contributed by atoms with Crippen molar-refractivity contribution in [2.45, 2.75) is 38.9 Å². The number of carbonyl (C=O) groups is 2. The smallest absolute Gasteiger partial charge is 0.416 e. The number of hydrogen-bond donors (Lipinski definition) is 2. The maximum absolute atomic E-state index is 13.1. The topological polar surface area (TPSA) is 67.4 Å². The van der Waals surface area contributed by atoms with E-state index in [0.717, 1.165) is 18.6 Å². The maximum Gasteiger partial charge on any atom is 0.416 e. The summed E-state index contributed by atoms with van der Waals surface area (Å²) in [6.45, 7) is 1.55. The van der Waals surface area contributed by atoms with E-state index in [1.165, 1.54) is 0 Å². The van der Waals surface area contributed by atoms with E-state index >= 15 is 0 Å². The van der Waals surface area contributed by atoms with Gasteiger partial charge in [-0.3, -0.25) is 4.79 Å². The molecule has 1 aromatic rings. The average molecular weight is 376 g/mol. The van der Waals surface area contributed by atoms with Crippen molar-refractivity contribution in [3.05, 3.63) is 35.1 Å². The molecule has 1 aliphatic carbocycles. The van der Waals surface area contributed by atoms with Crippen molar-refractivity contribution < 1.29 is 31.9 Å². The summed E-state index contributed by atoms with van der Waals surface area (Å²) in [7, 11) is 0. The van der Waals surface area contributed by atoms with Gasteiger partial charge in [0.05, 0.1) is 17.6 Å². The van der Waals surface area contributed by atoms with E-state index in [1.54, 1.807) is 6.92 Å². The second kappa shape index (κ2) is 7.92. The molecule has 2 N–H and O–H groups in total. The largest absolute Gasteiger partial charge is 0.466 e. The highest BCUT2D eigenvalue weighted by molar-refractivity contribution is 5.80. The highest BCUT2D eigenvalue weighted by atomic mass is 19.4. The Hall–Kier alpha value is -2.32. The predicted molar refractivity (Wildman–Crippen MR) is 84.6 cm³/mol. The van der Waals surface area contributed by atoms with Crippen molar-refractivity contribution in [2.75, 3.05) is 13.2 Å². The summed E-state index contributed by atoms with van der Waals surface area (Å²) in [5.41, 5.74) is -2.15. The summed E-state index contributed by atoms with van der Waals surface area (Å²) in [5, 5.41) is 4.80. The van der Waals surface area contributed by atoms with Crippen LogP contribution < -0.4 is 10.6 Å². The van der Waals surface area contributed by atoms with Gasteiger partial charge in [0.25, 0.3) is 0 Å². The quantitative estimate of drug-likeness (QED) is 0.591.